The van der Waals surface area contributed by atoms with Gasteiger partial charge in [-0.25, -0.2) is 4.57 Å². The first kappa shape index (κ1) is 18.4. The number of pyridine rings is 1. The number of carbonyl (C=O) groups is 1. The molecule has 0 atom stereocenters. The lowest BCUT2D eigenvalue weighted by Crippen LogP contribution is -2.23. The number of aliphatic imine (C=N–C) groups is 1. The molecule has 0 aliphatic rings. The average molecular weight is 363 g/mol. The number of benzene rings is 2. The molecule has 0 bridgehead atoms. The summed E-state index contributed by atoms with van der Waals surface area (Å²) in [5, 5.41) is 14.6. The van der Waals surface area contributed by atoms with Crippen LogP contribution in [-0.4, -0.2) is 34.9 Å². The molecule has 0 radical (unpaired) electrons. The van der Waals surface area contributed by atoms with Crippen molar-refractivity contribution in [3.05, 3.63) is 70.0 Å². The highest BCUT2D eigenvalue weighted by Gasteiger charge is 2.15. The minimum Gasteiger partial charge on any atom is -0.494 e. The van der Waals surface area contributed by atoms with Gasteiger partial charge in [-0.05, 0) is 25.1 Å². The number of carbonyl (C=O) groups excluding carboxylic acids is 1. The van der Waals surface area contributed by atoms with E-state index in [1.165, 1.54) is 11.5 Å². The summed E-state index contributed by atoms with van der Waals surface area (Å²) in [7, 11) is 0. The quantitative estimate of drug-likeness (QED) is 0.540. The van der Waals surface area contributed by atoms with Crippen molar-refractivity contribution in [3.8, 4) is 11.6 Å². The molecule has 2 aromatic carbocycles. The van der Waals surface area contributed by atoms with Crippen molar-refractivity contribution >= 4 is 22.9 Å². The Hall–Kier alpha value is -3.41. The van der Waals surface area contributed by atoms with Crippen molar-refractivity contribution in [1.29, 1.82) is 0 Å². The third kappa shape index (κ3) is 3.89. The summed E-state index contributed by atoms with van der Waals surface area (Å²) in [6.45, 7) is 4.18. The summed E-state index contributed by atoms with van der Waals surface area (Å²) in [5.41, 5.74) is 1.82. The molecule has 0 saturated carbocycles. The van der Waals surface area contributed by atoms with Crippen LogP contribution >= 0.6 is 0 Å². The van der Waals surface area contributed by atoms with Crippen LogP contribution in [0, 0.1) is 6.92 Å². The molecule has 1 heterocycles. The molecule has 0 aliphatic carbocycles. The van der Waals surface area contributed by atoms with Crippen LogP contribution in [0.1, 0.15) is 18.1 Å². The van der Waals surface area contributed by atoms with E-state index in [1.807, 2.05) is 25.1 Å². The Morgan fingerprint density at radius 2 is 1.81 bits per heavy atom. The monoisotopic (exact) mass is 363 g/mol. The van der Waals surface area contributed by atoms with Crippen molar-refractivity contribution < 1.29 is 9.90 Å². The van der Waals surface area contributed by atoms with Crippen molar-refractivity contribution in [2.75, 3.05) is 13.1 Å². The highest BCUT2D eigenvalue weighted by atomic mass is 16.3. The number of fused-ring (bicyclic) bond motifs is 1. The molecule has 3 rings (SSSR count). The smallest absolute Gasteiger partial charge is 0.265 e. The van der Waals surface area contributed by atoms with Crippen LogP contribution in [-0.2, 0) is 4.79 Å². The fourth-order valence-electron chi connectivity index (χ4n) is 2.87. The molecule has 6 nitrogen and oxygen atoms in total. The Morgan fingerprint density at radius 3 is 2.48 bits per heavy atom. The Bertz CT molecular complexity index is 1070. The van der Waals surface area contributed by atoms with Gasteiger partial charge in [0.25, 0.3) is 5.56 Å². The van der Waals surface area contributed by atoms with Crippen LogP contribution in [0.25, 0.3) is 16.5 Å². The van der Waals surface area contributed by atoms with Gasteiger partial charge in [-0.15, -0.1) is 0 Å². The molecule has 0 spiro atoms. The van der Waals surface area contributed by atoms with Gasteiger partial charge in [-0.1, -0.05) is 35.9 Å². The largest absolute Gasteiger partial charge is 0.494 e. The predicted molar refractivity (Wildman–Crippen MR) is 107 cm³/mol. The van der Waals surface area contributed by atoms with Crippen LogP contribution in [0.2, 0.25) is 0 Å². The maximum absolute atomic E-state index is 12.9. The van der Waals surface area contributed by atoms with E-state index in [2.05, 4.69) is 10.3 Å². The Morgan fingerprint density at radius 1 is 1.15 bits per heavy atom. The molecular weight excluding hydrogens is 342 g/mol. The zero-order chi connectivity index (χ0) is 19.4. The van der Waals surface area contributed by atoms with Gasteiger partial charge < -0.3 is 10.4 Å². The van der Waals surface area contributed by atoms with Crippen LogP contribution in [0.4, 0.5) is 0 Å². The minimum atomic E-state index is -0.289. The molecule has 1 amide bonds. The lowest BCUT2D eigenvalue weighted by molar-refractivity contribution is -0.118. The second-order valence-corrected chi connectivity index (χ2v) is 6.28. The van der Waals surface area contributed by atoms with Gasteiger partial charge in [-0.2, -0.15) is 0 Å². The summed E-state index contributed by atoms with van der Waals surface area (Å²) in [5.74, 6) is -0.280. The van der Waals surface area contributed by atoms with Crippen LogP contribution in [0.3, 0.4) is 0 Å². The summed E-state index contributed by atoms with van der Waals surface area (Å²) in [4.78, 5) is 28.2. The Kier molecular flexibility index (Phi) is 5.35. The zero-order valence-electron chi connectivity index (χ0n) is 15.3. The van der Waals surface area contributed by atoms with Crippen molar-refractivity contribution in [2.24, 2.45) is 4.99 Å². The molecule has 138 valence electrons. The number of rotatable bonds is 5. The van der Waals surface area contributed by atoms with E-state index in [0.29, 0.717) is 35.1 Å². The van der Waals surface area contributed by atoms with Crippen molar-refractivity contribution in [1.82, 2.24) is 9.88 Å². The molecule has 0 unspecified atom stereocenters. The third-order valence-electron chi connectivity index (χ3n) is 4.23. The topological polar surface area (TPSA) is 83.7 Å². The SMILES string of the molecule is CC(=O)NCCN=Cc1c(O)n(-c2ccc(C)cc2)c(=O)c2ccccc12. The van der Waals surface area contributed by atoms with Gasteiger partial charge in [0.2, 0.25) is 11.8 Å². The molecule has 6 heteroatoms. The van der Waals surface area contributed by atoms with E-state index in [9.17, 15) is 14.7 Å². The number of hydrogen-bond donors (Lipinski definition) is 2. The average Bonchev–Trinajstić information content (AvgIpc) is 2.65. The molecule has 2 N–H and O–H groups in total. The molecule has 0 saturated heterocycles. The van der Waals surface area contributed by atoms with Crippen LogP contribution in [0.5, 0.6) is 5.88 Å². The highest BCUT2D eigenvalue weighted by molar-refractivity contribution is 6.01. The summed E-state index contributed by atoms with van der Waals surface area (Å²) in [6, 6.07) is 14.5. The lowest BCUT2D eigenvalue weighted by atomic mass is 10.1. The third-order valence-corrected chi connectivity index (χ3v) is 4.23. The first-order valence-corrected chi connectivity index (χ1v) is 8.67. The summed E-state index contributed by atoms with van der Waals surface area (Å²) in [6.07, 6.45) is 1.55. The number of aromatic hydroxyl groups is 1. The van der Waals surface area contributed by atoms with Gasteiger partial charge in [0.1, 0.15) is 0 Å². The number of hydrogen-bond acceptors (Lipinski definition) is 4. The van der Waals surface area contributed by atoms with Gasteiger partial charge in [0, 0.05) is 30.5 Å². The fourth-order valence-corrected chi connectivity index (χ4v) is 2.87. The number of aryl methyl sites for hydroxylation is 1. The molecule has 27 heavy (non-hydrogen) atoms. The van der Waals surface area contributed by atoms with E-state index >= 15 is 0 Å². The van der Waals surface area contributed by atoms with E-state index in [4.69, 9.17) is 0 Å². The lowest BCUT2D eigenvalue weighted by Gasteiger charge is -2.14. The molecule has 3 aromatic rings. The van der Waals surface area contributed by atoms with E-state index in [0.717, 1.165) is 5.56 Å². The second-order valence-electron chi connectivity index (χ2n) is 6.28. The molecule has 0 fully saturated rings. The number of amides is 1. The molecule has 0 aliphatic heterocycles. The van der Waals surface area contributed by atoms with E-state index in [-0.39, 0.29) is 17.3 Å². The zero-order valence-corrected chi connectivity index (χ0v) is 15.3. The maximum Gasteiger partial charge on any atom is 0.265 e. The number of aromatic nitrogens is 1. The second kappa shape index (κ2) is 7.86. The van der Waals surface area contributed by atoms with Crippen LogP contribution in [0.15, 0.2) is 58.3 Å². The number of nitrogens with one attached hydrogen (secondary N) is 1. The van der Waals surface area contributed by atoms with Crippen molar-refractivity contribution in [2.45, 2.75) is 13.8 Å². The summed E-state index contributed by atoms with van der Waals surface area (Å²) >= 11 is 0. The van der Waals surface area contributed by atoms with Crippen molar-refractivity contribution in [3.63, 3.8) is 0 Å². The Labute approximate surface area is 156 Å². The Balaban J connectivity index is 2.12. The first-order chi connectivity index (χ1) is 13.0. The first-order valence-electron chi connectivity index (χ1n) is 8.67. The van der Waals surface area contributed by atoms with Gasteiger partial charge in [0.15, 0.2) is 0 Å². The van der Waals surface area contributed by atoms with E-state index in [1.54, 1.807) is 36.5 Å². The minimum absolute atomic E-state index is 0.119. The molecular formula is C21H21N3O3. The highest BCUT2D eigenvalue weighted by Crippen LogP contribution is 2.25. The van der Waals surface area contributed by atoms with Gasteiger partial charge in [0.05, 0.1) is 17.8 Å². The standard InChI is InChI=1S/C21H21N3O3/c1-14-7-9-16(10-8-14)24-20(26)18-6-4-3-5-17(18)19(21(24)27)13-22-11-12-23-15(2)25/h3-10,13,27H,11-12H2,1-2H3,(H,23,25). The summed E-state index contributed by atoms with van der Waals surface area (Å²) < 4.78 is 1.29. The maximum atomic E-state index is 12.9. The predicted octanol–water partition coefficient (Wildman–Crippen LogP) is 2.56. The fraction of sp³-hybridized carbons (Fsp3) is 0.190. The normalized spacial score (nSPS) is 11.2. The van der Waals surface area contributed by atoms with E-state index < -0.39 is 0 Å². The molecule has 1 aromatic heterocycles. The number of nitrogens with zero attached hydrogens (tertiary/aromatic N) is 2. The van der Waals surface area contributed by atoms with Crippen LogP contribution < -0.4 is 10.9 Å². The van der Waals surface area contributed by atoms with Gasteiger partial charge >= 0.3 is 0 Å². The van der Waals surface area contributed by atoms with Gasteiger partial charge in [-0.3, -0.25) is 14.6 Å².